The maximum atomic E-state index is 5.22. The molecule has 2 nitrogen and oxygen atoms in total. The van der Waals surface area contributed by atoms with Gasteiger partial charge in [0.25, 0.3) is 0 Å². The molecule has 1 aromatic rings. The van der Waals surface area contributed by atoms with E-state index in [2.05, 4.69) is 26.0 Å². The van der Waals surface area contributed by atoms with Crippen LogP contribution in [0.4, 0.5) is 0 Å². The van der Waals surface area contributed by atoms with Gasteiger partial charge in [-0.05, 0) is 19.3 Å². The number of hydrogen-bond acceptors (Lipinski definition) is 2. The normalized spacial score (nSPS) is 10.2. The molecule has 0 saturated carbocycles. The molecule has 0 heterocycles. The van der Waals surface area contributed by atoms with Gasteiger partial charge < -0.3 is 9.31 Å². The van der Waals surface area contributed by atoms with Gasteiger partial charge in [0.2, 0.25) is 0 Å². The van der Waals surface area contributed by atoms with E-state index in [0.717, 1.165) is 5.46 Å². The van der Waals surface area contributed by atoms with E-state index < -0.39 is 0 Å². The summed E-state index contributed by atoms with van der Waals surface area (Å²) in [6, 6.07) is 6.16. The number of rotatable bonds is 3. The molecule has 1 rings (SSSR count). The molecule has 0 radical (unpaired) electrons. The third kappa shape index (κ3) is 2.11. The van der Waals surface area contributed by atoms with Gasteiger partial charge in [-0.15, -0.1) is 0 Å². The van der Waals surface area contributed by atoms with E-state index in [9.17, 15) is 0 Å². The van der Waals surface area contributed by atoms with Crippen LogP contribution in [0.5, 0.6) is 0 Å². The van der Waals surface area contributed by atoms with E-state index in [1.54, 1.807) is 14.2 Å². The van der Waals surface area contributed by atoms with Crippen molar-refractivity contribution in [2.75, 3.05) is 14.2 Å². The Bertz CT molecular complexity index is 262. The van der Waals surface area contributed by atoms with E-state index in [0.29, 0.717) is 0 Å². The average Bonchev–Trinajstić information content (AvgIpc) is 2.11. The maximum absolute atomic E-state index is 5.22. The van der Waals surface area contributed by atoms with Gasteiger partial charge in [-0.2, -0.15) is 0 Å². The minimum atomic E-state index is -0.249. The topological polar surface area (TPSA) is 18.5 Å². The van der Waals surface area contributed by atoms with Crippen molar-refractivity contribution in [3.63, 3.8) is 0 Å². The first-order chi connectivity index (χ1) is 6.20. The fourth-order valence-corrected chi connectivity index (χ4v) is 1.53. The molecule has 0 bridgehead atoms. The van der Waals surface area contributed by atoms with Gasteiger partial charge >= 0.3 is 7.12 Å². The van der Waals surface area contributed by atoms with Crippen LogP contribution < -0.4 is 5.46 Å². The number of benzene rings is 1. The zero-order valence-corrected chi connectivity index (χ0v) is 8.63. The van der Waals surface area contributed by atoms with Crippen molar-refractivity contribution in [1.82, 2.24) is 0 Å². The van der Waals surface area contributed by atoms with Gasteiger partial charge in [0.15, 0.2) is 0 Å². The minimum absolute atomic E-state index is 0.249. The van der Waals surface area contributed by atoms with Gasteiger partial charge in [0.05, 0.1) is 0 Å². The Hall–Kier alpha value is -0.795. The molecule has 0 saturated heterocycles. The summed E-state index contributed by atoms with van der Waals surface area (Å²) in [4.78, 5) is 0. The summed E-state index contributed by atoms with van der Waals surface area (Å²) in [5, 5.41) is 0. The molecule has 0 unspecified atom stereocenters. The monoisotopic (exact) mass is 178 g/mol. The van der Waals surface area contributed by atoms with Crippen molar-refractivity contribution < 1.29 is 9.31 Å². The fraction of sp³-hybridized carbons (Fsp3) is 0.400. The first kappa shape index (κ1) is 10.3. The van der Waals surface area contributed by atoms with Crippen molar-refractivity contribution in [3.05, 3.63) is 29.3 Å². The SMILES string of the molecule is COB(OC)c1c(C)cccc1C. The van der Waals surface area contributed by atoms with E-state index in [4.69, 9.17) is 9.31 Å². The van der Waals surface area contributed by atoms with Crippen LogP contribution in [0.2, 0.25) is 0 Å². The molecule has 0 spiro atoms. The van der Waals surface area contributed by atoms with E-state index in [1.165, 1.54) is 11.1 Å². The Labute approximate surface area is 80.0 Å². The van der Waals surface area contributed by atoms with Crippen molar-refractivity contribution in [3.8, 4) is 0 Å². The molecule has 13 heavy (non-hydrogen) atoms. The lowest BCUT2D eigenvalue weighted by molar-refractivity contribution is 0.291. The lowest BCUT2D eigenvalue weighted by atomic mass is 9.73. The Balaban J connectivity index is 3.10. The van der Waals surface area contributed by atoms with Crippen LogP contribution in [0, 0.1) is 13.8 Å². The smallest absolute Gasteiger partial charge is 0.410 e. The van der Waals surface area contributed by atoms with Gasteiger partial charge in [-0.3, -0.25) is 0 Å². The summed E-state index contributed by atoms with van der Waals surface area (Å²) in [7, 11) is 3.06. The largest absolute Gasteiger partial charge is 0.493 e. The van der Waals surface area contributed by atoms with Crippen LogP contribution in [0.3, 0.4) is 0 Å². The second-order valence-corrected chi connectivity index (χ2v) is 3.11. The summed E-state index contributed by atoms with van der Waals surface area (Å²) < 4.78 is 10.4. The maximum Gasteiger partial charge on any atom is 0.493 e. The molecule has 3 heteroatoms. The van der Waals surface area contributed by atoms with Crippen LogP contribution in [0.15, 0.2) is 18.2 Å². The molecule has 0 aliphatic heterocycles. The number of hydrogen-bond donors (Lipinski definition) is 0. The van der Waals surface area contributed by atoms with Crippen LogP contribution >= 0.6 is 0 Å². The molecule has 0 fully saturated rings. The third-order valence-corrected chi connectivity index (χ3v) is 2.21. The summed E-state index contributed by atoms with van der Waals surface area (Å²) in [5.41, 5.74) is 3.54. The lowest BCUT2D eigenvalue weighted by Gasteiger charge is -2.13. The molecule has 1 aromatic carbocycles. The van der Waals surface area contributed by atoms with Gasteiger partial charge in [0, 0.05) is 14.2 Å². The molecular formula is C10H15BO2. The number of aryl methyl sites for hydroxylation is 2. The van der Waals surface area contributed by atoms with Crippen molar-refractivity contribution >= 4 is 12.6 Å². The summed E-state index contributed by atoms with van der Waals surface area (Å²) in [5.74, 6) is 0. The first-order valence-corrected chi connectivity index (χ1v) is 4.32. The van der Waals surface area contributed by atoms with Crippen LogP contribution in [-0.4, -0.2) is 21.3 Å². The Kier molecular flexibility index (Phi) is 3.52. The predicted octanol–water partition coefficient (Wildman–Crippen LogP) is 1.29. The van der Waals surface area contributed by atoms with Gasteiger partial charge in [0.1, 0.15) is 0 Å². The predicted molar refractivity (Wildman–Crippen MR) is 55.3 cm³/mol. The molecule has 0 aliphatic carbocycles. The summed E-state index contributed by atoms with van der Waals surface area (Å²) in [6.45, 7) is 4.13. The second-order valence-electron chi connectivity index (χ2n) is 3.11. The lowest BCUT2D eigenvalue weighted by Crippen LogP contribution is -2.38. The molecular weight excluding hydrogens is 163 g/mol. The van der Waals surface area contributed by atoms with E-state index >= 15 is 0 Å². The Morgan fingerprint density at radius 2 is 1.46 bits per heavy atom. The summed E-state index contributed by atoms with van der Waals surface area (Å²) >= 11 is 0. The van der Waals surface area contributed by atoms with Crippen LogP contribution in [0.1, 0.15) is 11.1 Å². The first-order valence-electron chi connectivity index (χ1n) is 4.32. The van der Waals surface area contributed by atoms with E-state index in [-0.39, 0.29) is 7.12 Å². The molecule has 0 amide bonds. The Morgan fingerprint density at radius 3 is 1.85 bits per heavy atom. The molecule has 0 N–H and O–H groups in total. The Morgan fingerprint density at radius 1 is 1.00 bits per heavy atom. The molecule has 0 atom stereocenters. The van der Waals surface area contributed by atoms with Gasteiger partial charge in [-0.1, -0.05) is 29.3 Å². The fourth-order valence-electron chi connectivity index (χ4n) is 1.53. The van der Waals surface area contributed by atoms with Crippen molar-refractivity contribution in [2.24, 2.45) is 0 Å². The van der Waals surface area contributed by atoms with Crippen LogP contribution in [0.25, 0.3) is 0 Å². The second kappa shape index (κ2) is 4.44. The third-order valence-electron chi connectivity index (χ3n) is 2.21. The highest BCUT2D eigenvalue weighted by molar-refractivity contribution is 6.62. The quantitative estimate of drug-likeness (QED) is 0.649. The molecule has 0 aromatic heterocycles. The summed E-state index contributed by atoms with van der Waals surface area (Å²) in [6.07, 6.45) is 0. The van der Waals surface area contributed by atoms with E-state index in [1.807, 2.05) is 6.07 Å². The highest BCUT2D eigenvalue weighted by Crippen LogP contribution is 2.03. The zero-order chi connectivity index (χ0) is 9.84. The van der Waals surface area contributed by atoms with Crippen molar-refractivity contribution in [1.29, 1.82) is 0 Å². The highest BCUT2D eigenvalue weighted by Gasteiger charge is 2.21. The van der Waals surface area contributed by atoms with Gasteiger partial charge in [-0.25, -0.2) is 0 Å². The highest BCUT2D eigenvalue weighted by atomic mass is 16.6. The van der Waals surface area contributed by atoms with Crippen molar-refractivity contribution in [2.45, 2.75) is 13.8 Å². The van der Waals surface area contributed by atoms with Crippen LogP contribution in [-0.2, 0) is 9.31 Å². The standard InChI is InChI=1S/C10H15BO2/c1-8-6-5-7-9(2)10(8)11(12-3)13-4/h5-7H,1-4H3. The minimum Gasteiger partial charge on any atom is -0.410 e. The average molecular weight is 178 g/mol. The molecule has 70 valence electrons. The molecule has 0 aliphatic rings. The zero-order valence-electron chi connectivity index (χ0n) is 8.63.